The molecule has 0 bridgehead atoms. The van der Waals surface area contributed by atoms with Gasteiger partial charge in [-0.25, -0.2) is 9.18 Å². The number of carbonyl (C=O) groups is 2. The molecule has 0 aliphatic rings. The minimum absolute atomic E-state index is 0.0375. The Balaban J connectivity index is 1.81. The van der Waals surface area contributed by atoms with Crippen LogP contribution in [0.15, 0.2) is 30.6 Å². The Morgan fingerprint density at radius 3 is 2.69 bits per heavy atom. The van der Waals surface area contributed by atoms with Crippen LogP contribution in [0.2, 0.25) is 0 Å². The Bertz CT molecular complexity index is 773. The lowest BCUT2D eigenvalue weighted by Gasteiger charge is -2.12. The van der Waals surface area contributed by atoms with Gasteiger partial charge in [0.2, 0.25) is 5.91 Å². The number of aryl methyl sites for hydroxylation is 2. The van der Waals surface area contributed by atoms with Gasteiger partial charge in [0.1, 0.15) is 5.82 Å². The summed E-state index contributed by atoms with van der Waals surface area (Å²) in [5.74, 6) is -1.12. The Hall–Kier alpha value is -2.90. The monoisotopic (exact) mass is 361 g/mol. The van der Waals surface area contributed by atoms with Gasteiger partial charge in [0.15, 0.2) is 0 Å². The van der Waals surface area contributed by atoms with Crippen LogP contribution in [0.4, 0.5) is 20.6 Å². The number of benzene rings is 1. The number of anilines is 2. The molecule has 140 valence electrons. The average molecular weight is 361 g/mol. The molecule has 0 aliphatic carbocycles. The van der Waals surface area contributed by atoms with Gasteiger partial charge >= 0.3 is 6.03 Å². The van der Waals surface area contributed by atoms with Gasteiger partial charge in [0.05, 0.1) is 11.9 Å². The first-order valence-electron chi connectivity index (χ1n) is 8.49. The van der Waals surface area contributed by atoms with Gasteiger partial charge in [-0.15, -0.1) is 0 Å². The molecule has 0 fully saturated rings. The summed E-state index contributed by atoms with van der Waals surface area (Å²) in [5, 5.41) is 12.0. The van der Waals surface area contributed by atoms with Crippen molar-refractivity contribution in [1.82, 2.24) is 15.1 Å². The predicted octanol–water partition coefficient (Wildman–Crippen LogP) is 3.14. The summed E-state index contributed by atoms with van der Waals surface area (Å²) in [7, 11) is 0. The van der Waals surface area contributed by atoms with E-state index in [4.69, 9.17) is 0 Å². The van der Waals surface area contributed by atoms with Gasteiger partial charge in [-0.05, 0) is 37.1 Å². The molecule has 0 saturated heterocycles. The lowest BCUT2D eigenvalue weighted by molar-refractivity contribution is -0.118. The summed E-state index contributed by atoms with van der Waals surface area (Å²) in [4.78, 5) is 23.6. The first-order valence-corrected chi connectivity index (χ1v) is 8.49. The SMILES string of the molecule is Cc1cnn(CCCNC(=O)Nc2ccc(F)c(NC(=O)C(C)C)c2)c1. The molecule has 3 N–H and O–H groups in total. The van der Waals surface area contributed by atoms with Crippen LogP contribution in [0.25, 0.3) is 0 Å². The molecule has 8 heteroatoms. The van der Waals surface area contributed by atoms with E-state index in [1.807, 2.05) is 17.8 Å². The zero-order valence-corrected chi connectivity index (χ0v) is 15.2. The van der Waals surface area contributed by atoms with E-state index in [1.165, 1.54) is 18.2 Å². The number of nitrogens with zero attached hydrogens (tertiary/aromatic N) is 2. The van der Waals surface area contributed by atoms with Crippen molar-refractivity contribution in [1.29, 1.82) is 0 Å². The van der Waals surface area contributed by atoms with E-state index >= 15 is 0 Å². The van der Waals surface area contributed by atoms with Crippen LogP contribution in [0.3, 0.4) is 0 Å². The van der Waals surface area contributed by atoms with Crippen LogP contribution in [-0.4, -0.2) is 28.3 Å². The quantitative estimate of drug-likeness (QED) is 0.662. The number of amides is 3. The number of hydrogen-bond acceptors (Lipinski definition) is 3. The minimum atomic E-state index is -0.556. The zero-order valence-electron chi connectivity index (χ0n) is 15.2. The molecule has 2 rings (SSSR count). The van der Waals surface area contributed by atoms with Gasteiger partial charge in [-0.2, -0.15) is 5.10 Å². The number of carbonyl (C=O) groups excluding carboxylic acids is 2. The van der Waals surface area contributed by atoms with E-state index < -0.39 is 11.8 Å². The van der Waals surface area contributed by atoms with Crippen molar-refractivity contribution in [3.8, 4) is 0 Å². The zero-order chi connectivity index (χ0) is 19.1. The summed E-state index contributed by atoms with van der Waals surface area (Å²) >= 11 is 0. The second kappa shape index (κ2) is 8.98. The fourth-order valence-corrected chi connectivity index (χ4v) is 2.18. The van der Waals surface area contributed by atoms with Crippen molar-refractivity contribution in [2.75, 3.05) is 17.2 Å². The number of halogens is 1. The largest absolute Gasteiger partial charge is 0.338 e. The minimum Gasteiger partial charge on any atom is -0.338 e. The smallest absolute Gasteiger partial charge is 0.319 e. The fraction of sp³-hybridized carbons (Fsp3) is 0.389. The number of aromatic nitrogens is 2. The van der Waals surface area contributed by atoms with Crippen molar-refractivity contribution in [3.63, 3.8) is 0 Å². The normalized spacial score (nSPS) is 10.7. The third kappa shape index (κ3) is 5.87. The molecule has 1 aromatic heterocycles. The van der Waals surface area contributed by atoms with Crippen molar-refractivity contribution in [2.24, 2.45) is 5.92 Å². The molecular weight excluding hydrogens is 337 g/mol. The summed E-state index contributed by atoms with van der Waals surface area (Å²) in [6.07, 6.45) is 4.45. The number of urea groups is 1. The van der Waals surface area contributed by atoms with Crippen LogP contribution >= 0.6 is 0 Å². The molecule has 0 radical (unpaired) electrons. The average Bonchev–Trinajstić information content (AvgIpc) is 3.00. The van der Waals surface area contributed by atoms with E-state index in [2.05, 4.69) is 21.0 Å². The highest BCUT2D eigenvalue weighted by Gasteiger charge is 2.12. The van der Waals surface area contributed by atoms with Crippen LogP contribution < -0.4 is 16.0 Å². The maximum Gasteiger partial charge on any atom is 0.319 e. The highest BCUT2D eigenvalue weighted by molar-refractivity contribution is 5.94. The van der Waals surface area contributed by atoms with Crippen molar-refractivity contribution >= 4 is 23.3 Å². The molecule has 0 unspecified atom stereocenters. The molecule has 0 saturated carbocycles. The standard InChI is InChI=1S/C18H24FN5O2/c1-12(2)17(25)23-16-9-14(5-6-15(16)19)22-18(26)20-7-4-8-24-11-13(3)10-21-24/h5-6,9-12H,4,7-8H2,1-3H3,(H,23,25)(H2,20,22,26). The molecule has 1 heterocycles. The van der Waals surface area contributed by atoms with Crippen molar-refractivity contribution in [3.05, 3.63) is 42.0 Å². The van der Waals surface area contributed by atoms with E-state index in [9.17, 15) is 14.0 Å². The Morgan fingerprint density at radius 1 is 1.27 bits per heavy atom. The van der Waals surface area contributed by atoms with Gasteiger partial charge in [0.25, 0.3) is 0 Å². The van der Waals surface area contributed by atoms with E-state index in [0.717, 1.165) is 12.0 Å². The number of rotatable bonds is 7. The fourth-order valence-electron chi connectivity index (χ4n) is 2.18. The highest BCUT2D eigenvalue weighted by Crippen LogP contribution is 2.20. The summed E-state index contributed by atoms with van der Waals surface area (Å²) < 4.78 is 15.6. The van der Waals surface area contributed by atoms with E-state index in [-0.39, 0.29) is 17.5 Å². The lowest BCUT2D eigenvalue weighted by atomic mass is 10.2. The predicted molar refractivity (Wildman–Crippen MR) is 98.5 cm³/mol. The molecule has 0 aliphatic heterocycles. The third-order valence-corrected chi connectivity index (χ3v) is 3.62. The number of hydrogen-bond donors (Lipinski definition) is 3. The molecule has 1 aromatic carbocycles. The Morgan fingerprint density at radius 2 is 2.04 bits per heavy atom. The highest BCUT2D eigenvalue weighted by atomic mass is 19.1. The first-order chi connectivity index (χ1) is 12.3. The van der Waals surface area contributed by atoms with Gasteiger partial charge in [-0.1, -0.05) is 13.8 Å². The van der Waals surface area contributed by atoms with Crippen molar-refractivity contribution in [2.45, 2.75) is 33.7 Å². The van der Waals surface area contributed by atoms with Crippen LogP contribution in [-0.2, 0) is 11.3 Å². The van der Waals surface area contributed by atoms with Crippen LogP contribution in [0, 0.1) is 18.7 Å². The summed E-state index contributed by atoms with van der Waals surface area (Å²) in [6.45, 7) is 6.58. The lowest BCUT2D eigenvalue weighted by Crippen LogP contribution is -2.30. The second-order valence-corrected chi connectivity index (χ2v) is 6.35. The third-order valence-electron chi connectivity index (χ3n) is 3.62. The van der Waals surface area contributed by atoms with Gasteiger partial charge < -0.3 is 16.0 Å². The van der Waals surface area contributed by atoms with E-state index in [0.29, 0.717) is 18.8 Å². The molecule has 0 spiro atoms. The molecular formula is C18H24FN5O2. The van der Waals surface area contributed by atoms with Gasteiger partial charge in [-0.3, -0.25) is 9.48 Å². The van der Waals surface area contributed by atoms with Crippen LogP contribution in [0.1, 0.15) is 25.8 Å². The summed E-state index contributed by atoms with van der Waals surface area (Å²) in [5.41, 5.74) is 1.52. The Labute approximate surface area is 152 Å². The molecule has 26 heavy (non-hydrogen) atoms. The molecule has 0 atom stereocenters. The number of nitrogens with one attached hydrogen (secondary N) is 3. The van der Waals surface area contributed by atoms with Crippen LogP contribution in [0.5, 0.6) is 0 Å². The van der Waals surface area contributed by atoms with Gasteiger partial charge in [0, 0.05) is 30.9 Å². The van der Waals surface area contributed by atoms with E-state index in [1.54, 1.807) is 20.0 Å². The second-order valence-electron chi connectivity index (χ2n) is 6.35. The van der Waals surface area contributed by atoms with Crippen molar-refractivity contribution < 1.29 is 14.0 Å². The maximum absolute atomic E-state index is 13.8. The maximum atomic E-state index is 13.8. The first kappa shape index (κ1) is 19.4. The molecule has 2 aromatic rings. The molecule has 7 nitrogen and oxygen atoms in total. The summed E-state index contributed by atoms with van der Waals surface area (Å²) in [6, 6.07) is 3.63. The topological polar surface area (TPSA) is 88.1 Å². The molecule has 3 amide bonds. The Kier molecular flexibility index (Phi) is 6.71.